The summed E-state index contributed by atoms with van der Waals surface area (Å²) < 4.78 is 0. The minimum absolute atomic E-state index is 0.0155. The molecular formula is C13H20N2O2. The van der Waals surface area contributed by atoms with Crippen LogP contribution in [0.3, 0.4) is 0 Å². The standard InChI is InChI=1S/C13H20N2O2/c1-3-12(6-8-16)15-13(17)10(2)11-5-4-7-14-9-11/h4-5,7,9-10,12,16H,3,6,8H2,1-2H3,(H,15,17). The molecule has 0 spiro atoms. The first-order chi connectivity index (χ1) is 8.19. The number of pyridine rings is 1. The van der Waals surface area contributed by atoms with Crippen LogP contribution in [0.2, 0.25) is 0 Å². The highest BCUT2D eigenvalue weighted by Crippen LogP contribution is 2.14. The molecule has 0 fully saturated rings. The van der Waals surface area contributed by atoms with Gasteiger partial charge in [0.25, 0.3) is 0 Å². The van der Waals surface area contributed by atoms with E-state index in [9.17, 15) is 4.79 Å². The number of hydrogen-bond donors (Lipinski definition) is 2. The number of nitrogens with one attached hydrogen (secondary N) is 1. The summed E-state index contributed by atoms with van der Waals surface area (Å²) in [6.07, 6.45) is 4.82. The summed E-state index contributed by atoms with van der Waals surface area (Å²) >= 11 is 0. The monoisotopic (exact) mass is 236 g/mol. The molecule has 94 valence electrons. The number of nitrogens with zero attached hydrogens (tertiary/aromatic N) is 1. The second-order valence-corrected chi connectivity index (χ2v) is 4.13. The van der Waals surface area contributed by atoms with Gasteiger partial charge < -0.3 is 10.4 Å². The smallest absolute Gasteiger partial charge is 0.227 e. The van der Waals surface area contributed by atoms with Crippen LogP contribution in [0.15, 0.2) is 24.5 Å². The molecule has 1 rings (SSSR count). The van der Waals surface area contributed by atoms with Crippen LogP contribution >= 0.6 is 0 Å². The molecule has 0 bridgehead atoms. The van der Waals surface area contributed by atoms with E-state index >= 15 is 0 Å². The van der Waals surface area contributed by atoms with Gasteiger partial charge in [0.15, 0.2) is 0 Å². The van der Waals surface area contributed by atoms with E-state index < -0.39 is 0 Å². The first-order valence-corrected chi connectivity index (χ1v) is 6.00. The fourth-order valence-corrected chi connectivity index (χ4v) is 1.64. The summed E-state index contributed by atoms with van der Waals surface area (Å²) in [6.45, 7) is 3.95. The highest BCUT2D eigenvalue weighted by Gasteiger charge is 2.17. The SMILES string of the molecule is CCC(CCO)NC(=O)C(C)c1cccnc1. The number of hydrogen-bond acceptors (Lipinski definition) is 3. The van der Waals surface area contributed by atoms with Crippen LogP contribution in [-0.4, -0.2) is 28.6 Å². The molecule has 4 nitrogen and oxygen atoms in total. The van der Waals surface area contributed by atoms with Gasteiger partial charge in [-0.1, -0.05) is 13.0 Å². The Balaban J connectivity index is 2.58. The third-order valence-corrected chi connectivity index (χ3v) is 2.89. The average molecular weight is 236 g/mol. The molecule has 1 amide bonds. The minimum Gasteiger partial charge on any atom is -0.396 e. The van der Waals surface area contributed by atoms with Crippen LogP contribution in [0.5, 0.6) is 0 Å². The van der Waals surface area contributed by atoms with Crippen molar-refractivity contribution >= 4 is 5.91 Å². The van der Waals surface area contributed by atoms with Crippen molar-refractivity contribution in [1.82, 2.24) is 10.3 Å². The lowest BCUT2D eigenvalue weighted by Crippen LogP contribution is -2.37. The molecule has 1 heterocycles. The van der Waals surface area contributed by atoms with Gasteiger partial charge in [-0.15, -0.1) is 0 Å². The van der Waals surface area contributed by atoms with Crippen LogP contribution in [0.1, 0.15) is 38.2 Å². The highest BCUT2D eigenvalue weighted by atomic mass is 16.3. The Morgan fingerprint density at radius 1 is 1.59 bits per heavy atom. The second kappa shape index (κ2) is 7.01. The summed E-state index contributed by atoms with van der Waals surface area (Å²) in [5.41, 5.74) is 0.906. The van der Waals surface area contributed by atoms with Crippen molar-refractivity contribution in [3.63, 3.8) is 0 Å². The summed E-state index contributed by atoms with van der Waals surface area (Å²) in [5, 5.41) is 11.8. The van der Waals surface area contributed by atoms with Crippen LogP contribution in [0, 0.1) is 0 Å². The van der Waals surface area contributed by atoms with Gasteiger partial charge in [0.1, 0.15) is 0 Å². The van der Waals surface area contributed by atoms with Crippen molar-refractivity contribution in [1.29, 1.82) is 0 Å². The first kappa shape index (κ1) is 13.6. The Labute approximate surface area is 102 Å². The zero-order valence-corrected chi connectivity index (χ0v) is 10.4. The van der Waals surface area contributed by atoms with Gasteiger partial charge in [-0.3, -0.25) is 9.78 Å². The van der Waals surface area contributed by atoms with Gasteiger partial charge in [0.05, 0.1) is 5.92 Å². The van der Waals surface area contributed by atoms with E-state index in [1.165, 1.54) is 0 Å². The Morgan fingerprint density at radius 3 is 2.88 bits per heavy atom. The number of carbonyl (C=O) groups excluding carboxylic acids is 1. The van der Waals surface area contributed by atoms with E-state index in [4.69, 9.17) is 5.11 Å². The maximum Gasteiger partial charge on any atom is 0.227 e. The molecule has 0 aliphatic rings. The number of rotatable bonds is 6. The van der Waals surface area contributed by atoms with E-state index in [2.05, 4.69) is 10.3 Å². The topological polar surface area (TPSA) is 62.2 Å². The molecule has 0 aliphatic carbocycles. The molecule has 2 atom stereocenters. The third-order valence-electron chi connectivity index (χ3n) is 2.89. The number of amides is 1. The van der Waals surface area contributed by atoms with Crippen molar-refractivity contribution in [2.75, 3.05) is 6.61 Å². The Bertz CT molecular complexity index is 341. The predicted molar refractivity (Wildman–Crippen MR) is 66.6 cm³/mol. The van der Waals surface area contributed by atoms with Gasteiger partial charge in [-0.25, -0.2) is 0 Å². The predicted octanol–water partition coefficient (Wildman–Crippen LogP) is 1.46. The number of aliphatic hydroxyl groups is 1. The molecule has 1 aromatic heterocycles. The van der Waals surface area contributed by atoms with E-state index in [1.54, 1.807) is 12.4 Å². The van der Waals surface area contributed by atoms with E-state index in [-0.39, 0.29) is 24.5 Å². The zero-order valence-electron chi connectivity index (χ0n) is 10.4. The molecule has 17 heavy (non-hydrogen) atoms. The van der Waals surface area contributed by atoms with Crippen molar-refractivity contribution in [2.24, 2.45) is 0 Å². The number of aromatic nitrogens is 1. The van der Waals surface area contributed by atoms with Gasteiger partial charge in [-0.2, -0.15) is 0 Å². The molecule has 0 saturated carbocycles. The largest absolute Gasteiger partial charge is 0.396 e. The lowest BCUT2D eigenvalue weighted by Gasteiger charge is -2.19. The van der Waals surface area contributed by atoms with E-state index in [0.29, 0.717) is 6.42 Å². The molecule has 0 aliphatic heterocycles. The van der Waals surface area contributed by atoms with Gasteiger partial charge >= 0.3 is 0 Å². The fraction of sp³-hybridized carbons (Fsp3) is 0.538. The van der Waals surface area contributed by atoms with Gasteiger partial charge in [0, 0.05) is 25.0 Å². The minimum atomic E-state index is -0.212. The molecule has 0 aromatic carbocycles. The van der Waals surface area contributed by atoms with Crippen molar-refractivity contribution in [3.8, 4) is 0 Å². The normalized spacial score (nSPS) is 14.1. The Morgan fingerprint density at radius 2 is 2.35 bits per heavy atom. The van der Waals surface area contributed by atoms with E-state index in [1.807, 2.05) is 26.0 Å². The Hall–Kier alpha value is -1.42. The van der Waals surface area contributed by atoms with Gasteiger partial charge in [0.2, 0.25) is 5.91 Å². The van der Waals surface area contributed by atoms with Crippen LogP contribution in [0.4, 0.5) is 0 Å². The van der Waals surface area contributed by atoms with Crippen LogP contribution in [0.25, 0.3) is 0 Å². The fourth-order valence-electron chi connectivity index (χ4n) is 1.64. The van der Waals surface area contributed by atoms with Crippen LogP contribution < -0.4 is 5.32 Å². The lowest BCUT2D eigenvalue weighted by molar-refractivity contribution is -0.123. The number of aliphatic hydroxyl groups excluding tert-OH is 1. The third kappa shape index (κ3) is 4.15. The molecule has 1 aromatic rings. The molecule has 4 heteroatoms. The number of carbonyl (C=O) groups is 1. The molecule has 2 N–H and O–H groups in total. The summed E-state index contributed by atoms with van der Waals surface area (Å²) in [6, 6.07) is 3.76. The van der Waals surface area contributed by atoms with Crippen LogP contribution in [-0.2, 0) is 4.79 Å². The lowest BCUT2D eigenvalue weighted by atomic mass is 10.0. The molecule has 0 saturated heterocycles. The average Bonchev–Trinajstić information content (AvgIpc) is 2.38. The van der Waals surface area contributed by atoms with Crippen molar-refractivity contribution in [3.05, 3.63) is 30.1 Å². The van der Waals surface area contributed by atoms with Crippen molar-refractivity contribution in [2.45, 2.75) is 38.6 Å². The molecule has 0 radical (unpaired) electrons. The highest BCUT2D eigenvalue weighted by molar-refractivity contribution is 5.83. The summed E-state index contributed by atoms with van der Waals surface area (Å²) in [7, 11) is 0. The first-order valence-electron chi connectivity index (χ1n) is 6.00. The molecule has 2 unspecified atom stereocenters. The quantitative estimate of drug-likeness (QED) is 0.786. The Kier molecular flexibility index (Phi) is 5.63. The molecular weight excluding hydrogens is 216 g/mol. The van der Waals surface area contributed by atoms with Crippen molar-refractivity contribution < 1.29 is 9.90 Å². The maximum absolute atomic E-state index is 12.0. The zero-order chi connectivity index (χ0) is 12.7. The maximum atomic E-state index is 12.0. The summed E-state index contributed by atoms with van der Waals surface area (Å²) in [5.74, 6) is -0.227. The summed E-state index contributed by atoms with van der Waals surface area (Å²) in [4.78, 5) is 16.0. The van der Waals surface area contributed by atoms with Gasteiger partial charge in [-0.05, 0) is 31.4 Å². The van der Waals surface area contributed by atoms with E-state index in [0.717, 1.165) is 12.0 Å². The second-order valence-electron chi connectivity index (χ2n) is 4.13.